The first kappa shape index (κ1) is 14.8. The van der Waals surface area contributed by atoms with E-state index in [2.05, 4.69) is 29.4 Å². The highest BCUT2D eigenvalue weighted by molar-refractivity contribution is 5.81. The zero-order chi connectivity index (χ0) is 13.8. The molecule has 0 aromatic carbocycles. The van der Waals surface area contributed by atoms with Gasteiger partial charge in [-0.15, -0.1) is 0 Å². The molecule has 0 aromatic rings. The highest BCUT2D eigenvalue weighted by Gasteiger charge is 2.30. The summed E-state index contributed by atoms with van der Waals surface area (Å²) in [6, 6.07) is 0.865. The van der Waals surface area contributed by atoms with Crippen molar-refractivity contribution in [1.29, 1.82) is 0 Å². The second-order valence-electron chi connectivity index (χ2n) is 6.46. The Morgan fingerprint density at radius 2 is 2.05 bits per heavy atom. The lowest BCUT2D eigenvalue weighted by Crippen LogP contribution is -2.51. The lowest BCUT2D eigenvalue weighted by atomic mass is 9.97. The zero-order valence-corrected chi connectivity index (χ0v) is 12.6. The largest absolute Gasteiger partial charge is 0.352 e. The minimum absolute atomic E-state index is 0.0115. The Morgan fingerprint density at radius 3 is 2.58 bits per heavy atom. The number of amides is 1. The molecule has 1 saturated heterocycles. The molecular weight excluding hydrogens is 238 g/mol. The number of nitrogens with zero attached hydrogens (tertiary/aromatic N) is 1. The van der Waals surface area contributed by atoms with E-state index in [1.54, 1.807) is 0 Å². The fourth-order valence-electron chi connectivity index (χ4n) is 2.89. The van der Waals surface area contributed by atoms with Gasteiger partial charge in [0.05, 0.1) is 6.04 Å². The fraction of sp³-hybridized carbons (Fsp3) is 0.933. The van der Waals surface area contributed by atoms with Gasteiger partial charge in [0.2, 0.25) is 5.91 Å². The molecule has 1 aliphatic heterocycles. The normalized spacial score (nSPS) is 25.6. The standard InChI is InChI=1S/C15H29N3O/c1-11(2)18(10-13-5-4-8-16-9-13)12(3)15(19)17-14-6-7-14/h11-14,16H,4-10H2,1-3H3,(H,17,19). The van der Waals surface area contributed by atoms with Gasteiger partial charge in [0.15, 0.2) is 0 Å². The molecule has 1 heterocycles. The van der Waals surface area contributed by atoms with E-state index in [0.29, 0.717) is 18.0 Å². The van der Waals surface area contributed by atoms with E-state index in [4.69, 9.17) is 0 Å². The van der Waals surface area contributed by atoms with E-state index < -0.39 is 0 Å². The number of carbonyl (C=O) groups is 1. The summed E-state index contributed by atoms with van der Waals surface area (Å²) in [4.78, 5) is 14.6. The Bertz CT molecular complexity index is 296. The molecule has 0 aromatic heterocycles. The van der Waals surface area contributed by atoms with Crippen molar-refractivity contribution in [3.05, 3.63) is 0 Å². The van der Waals surface area contributed by atoms with E-state index in [0.717, 1.165) is 32.5 Å². The first-order valence-electron chi connectivity index (χ1n) is 7.84. The van der Waals surface area contributed by atoms with E-state index >= 15 is 0 Å². The quantitative estimate of drug-likeness (QED) is 0.764. The third kappa shape index (κ3) is 4.46. The van der Waals surface area contributed by atoms with Crippen LogP contribution in [0.5, 0.6) is 0 Å². The lowest BCUT2D eigenvalue weighted by molar-refractivity contribution is -0.127. The summed E-state index contributed by atoms with van der Waals surface area (Å²) in [6.07, 6.45) is 4.87. The van der Waals surface area contributed by atoms with Crippen LogP contribution in [0.3, 0.4) is 0 Å². The number of carbonyl (C=O) groups excluding carboxylic acids is 1. The lowest BCUT2D eigenvalue weighted by Gasteiger charge is -2.36. The Morgan fingerprint density at radius 1 is 1.32 bits per heavy atom. The molecule has 19 heavy (non-hydrogen) atoms. The highest BCUT2D eigenvalue weighted by Crippen LogP contribution is 2.20. The van der Waals surface area contributed by atoms with Crippen molar-refractivity contribution in [2.45, 2.75) is 64.6 Å². The van der Waals surface area contributed by atoms with Crippen molar-refractivity contribution >= 4 is 5.91 Å². The van der Waals surface area contributed by atoms with Gasteiger partial charge in [0, 0.05) is 18.6 Å². The summed E-state index contributed by atoms with van der Waals surface area (Å²) in [5, 5.41) is 6.59. The third-order valence-electron chi connectivity index (χ3n) is 4.33. The summed E-state index contributed by atoms with van der Waals surface area (Å²) in [7, 11) is 0. The van der Waals surface area contributed by atoms with E-state index in [9.17, 15) is 4.79 Å². The predicted molar refractivity (Wildman–Crippen MR) is 78.1 cm³/mol. The van der Waals surface area contributed by atoms with Gasteiger partial charge in [-0.2, -0.15) is 0 Å². The Kier molecular flexibility index (Phi) is 5.22. The molecule has 1 saturated carbocycles. The van der Waals surface area contributed by atoms with Crippen LogP contribution in [0, 0.1) is 5.92 Å². The molecule has 110 valence electrons. The number of hydrogen-bond donors (Lipinski definition) is 2. The van der Waals surface area contributed by atoms with Gasteiger partial charge in [0.25, 0.3) is 0 Å². The minimum Gasteiger partial charge on any atom is -0.352 e. The molecule has 1 amide bonds. The molecule has 4 heteroatoms. The molecular formula is C15H29N3O. The van der Waals surface area contributed by atoms with E-state index in [1.165, 1.54) is 12.8 Å². The minimum atomic E-state index is -0.0115. The number of nitrogens with one attached hydrogen (secondary N) is 2. The van der Waals surface area contributed by atoms with Crippen LogP contribution >= 0.6 is 0 Å². The van der Waals surface area contributed by atoms with E-state index in [-0.39, 0.29) is 11.9 Å². The Hall–Kier alpha value is -0.610. The van der Waals surface area contributed by atoms with Crippen molar-refractivity contribution in [3.63, 3.8) is 0 Å². The first-order valence-corrected chi connectivity index (χ1v) is 7.84. The van der Waals surface area contributed by atoms with Crippen molar-refractivity contribution in [3.8, 4) is 0 Å². The first-order chi connectivity index (χ1) is 9.08. The highest BCUT2D eigenvalue weighted by atomic mass is 16.2. The van der Waals surface area contributed by atoms with Crippen LogP contribution in [0.1, 0.15) is 46.5 Å². The topological polar surface area (TPSA) is 44.4 Å². The van der Waals surface area contributed by atoms with Gasteiger partial charge in [0.1, 0.15) is 0 Å². The fourth-order valence-corrected chi connectivity index (χ4v) is 2.89. The molecule has 2 aliphatic rings. The van der Waals surface area contributed by atoms with Crippen molar-refractivity contribution in [2.75, 3.05) is 19.6 Å². The SMILES string of the molecule is CC(C)N(CC1CCCNC1)C(C)C(=O)NC1CC1. The average molecular weight is 267 g/mol. The second kappa shape index (κ2) is 6.71. The van der Waals surface area contributed by atoms with Crippen LogP contribution < -0.4 is 10.6 Å². The predicted octanol–water partition coefficient (Wildman–Crippen LogP) is 1.36. The van der Waals surface area contributed by atoms with Crippen LogP contribution in [0.2, 0.25) is 0 Å². The number of rotatable bonds is 6. The van der Waals surface area contributed by atoms with Gasteiger partial charge >= 0.3 is 0 Å². The third-order valence-corrected chi connectivity index (χ3v) is 4.33. The van der Waals surface area contributed by atoms with Crippen LogP contribution in [-0.2, 0) is 4.79 Å². The maximum atomic E-state index is 12.2. The summed E-state index contributed by atoms with van der Waals surface area (Å²) in [5.41, 5.74) is 0. The van der Waals surface area contributed by atoms with Crippen molar-refractivity contribution in [1.82, 2.24) is 15.5 Å². The van der Waals surface area contributed by atoms with Gasteiger partial charge < -0.3 is 10.6 Å². The van der Waals surface area contributed by atoms with Gasteiger partial charge in [-0.25, -0.2) is 0 Å². The van der Waals surface area contributed by atoms with Gasteiger partial charge in [-0.05, 0) is 65.5 Å². The summed E-state index contributed by atoms with van der Waals surface area (Å²) in [6.45, 7) is 9.71. The molecule has 1 aliphatic carbocycles. The smallest absolute Gasteiger partial charge is 0.237 e. The Labute approximate surface area is 117 Å². The zero-order valence-electron chi connectivity index (χ0n) is 12.6. The van der Waals surface area contributed by atoms with E-state index in [1.807, 2.05) is 6.92 Å². The van der Waals surface area contributed by atoms with Crippen molar-refractivity contribution < 1.29 is 4.79 Å². The van der Waals surface area contributed by atoms with Crippen LogP contribution in [0.4, 0.5) is 0 Å². The Balaban J connectivity index is 1.87. The molecule has 0 bridgehead atoms. The molecule has 2 fully saturated rings. The monoisotopic (exact) mass is 267 g/mol. The molecule has 4 nitrogen and oxygen atoms in total. The molecule has 0 radical (unpaired) electrons. The maximum Gasteiger partial charge on any atom is 0.237 e. The average Bonchev–Trinajstić information content (AvgIpc) is 3.20. The van der Waals surface area contributed by atoms with Crippen LogP contribution in [0.25, 0.3) is 0 Å². The second-order valence-corrected chi connectivity index (χ2v) is 6.46. The van der Waals surface area contributed by atoms with Crippen molar-refractivity contribution in [2.24, 2.45) is 5.92 Å². The van der Waals surface area contributed by atoms with Gasteiger partial charge in [-0.3, -0.25) is 9.69 Å². The molecule has 2 N–H and O–H groups in total. The molecule has 0 spiro atoms. The van der Waals surface area contributed by atoms with Gasteiger partial charge in [-0.1, -0.05) is 0 Å². The number of hydrogen-bond acceptors (Lipinski definition) is 3. The summed E-state index contributed by atoms with van der Waals surface area (Å²) >= 11 is 0. The molecule has 2 atom stereocenters. The summed E-state index contributed by atoms with van der Waals surface area (Å²) in [5.74, 6) is 0.896. The van der Waals surface area contributed by atoms with Crippen LogP contribution in [0.15, 0.2) is 0 Å². The van der Waals surface area contributed by atoms with Crippen LogP contribution in [-0.4, -0.2) is 48.6 Å². The molecule has 2 rings (SSSR count). The maximum absolute atomic E-state index is 12.2. The number of piperidine rings is 1. The molecule has 2 unspecified atom stereocenters. The summed E-state index contributed by atoms with van der Waals surface area (Å²) < 4.78 is 0.